The Morgan fingerprint density at radius 3 is 2.20 bits per heavy atom. The molecule has 1 N–H and O–H groups in total. The van der Waals surface area contributed by atoms with E-state index in [1.165, 1.54) is 6.92 Å². The quantitative estimate of drug-likeness (QED) is 0.684. The van der Waals surface area contributed by atoms with Crippen LogP contribution in [0.25, 0.3) is 0 Å². The maximum atomic E-state index is 12.3. The zero-order valence-corrected chi connectivity index (χ0v) is 11.5. The van der Waals surface area contributed by atoms with Crippen LogP contribution >= 0.6 is 0 Å². The molecule has 102 valence electrons. The van der Waals surface area contributed by atoms with E-state index in [1.807, 2.05) is 41.8 Å². The molecule has 0 radical (unpaired) electrons. The van der Waals surface area contributed by atoms with Crippen molar-refractivity contribution >= 4 is 17.4 Å². The summed E-state index contributed by atoms with van der Waals surface area (Å²) in [5.41, 5.74) is 1.41. The van der Waals surface area contributed by atoms with Crippen LogP contribution in [-0.2, 0) is 4.79 Å². The summed E-state index contributed by atoms with van der Waals surface area (Å²) in [6.07, 6.45) is 3.58. The van der Waals surface area contributed by atoms with E-state index < -0.39 is 0 Å². The lowest BCUT2D eigenvalue weighted by Gasteiger charge is -2.07. The maximum absolute atomic E-state index is 12.3. The van der Waals surface area contributed by atoms with Gasteiger partial charge in [-0.3, -0.25) is 9.59 Å². The minimum Gasteiger partial charge on any atom is -0.326 e. The van der Waals surface area contributed by atoms with E-state index >= 15 is 0 Å². The average molecular weight is 269 g/mol. The van der Waals surface area contributed by atoms with Crippen molar-refractivity contribution in [3.63, 3.8) is 0 Å². The molecule has 0 spiro atoms. The van der Waals surface area contributed by atoms with Gasteiger partial charge in [0.1, 0.15) is 0 Å². The van der Waals surface area contributed by atoms with Gasteiger partial charge in [0.25, 0.3) is 0 Å². The van der Waals surface area contributed by atoms with Gasteiger partial charge in [0, 0.05) is 31.5 Å². The van der Waals surface area contributed by atoms with E-state index in [4.69, 9.17) is 0 Å². The molecule has 1 amide bonds. The molecule has 1 aromatic heterocycles. The van der Waals surface area contributed by atoms with Gasteiger partial charge in [0.05, 0.1) is 5.69 Å². The summed E-state index contributed by atoms with van der Waals surface area (Å²) in [5, 5.41) is 2.69. The summed E-state index contributed by atoms with van der Waals surface area (Å²) in [6, 6.07) is 12.5. The highest BCUT2D eigenvalue weighted by molar-refractivity contribution is 5.97. The molecular formula is C16H17N2O2+. The third-order valence-corrected chi connectivity index (χ3v) is 3.06. The number of hydrogen-bond donors (Lipinski definition) is 1. The molecule has 1 atom stereocenters. The molecule has 0 aliphatic heterocycles. The second kappa shape index (κ2) is 6.10. The number of benzene rings is 1. The second-order valence-corrected chi connectivity index (χ2v) is 4.62. The molecule has 0 saturated carbocycles. The van der Waals surface area contributed by atoms with E-state index in [-0.39, 0.29) is 17.7 Å². The first-order chi connectivity index (χ1) is 9.58. The number of Topliss-reactive ketones (excluding diaryl/α,β-unsaturated/α-hetero) is 1. The van der Waals surface area contributed by atoms with Crippen molar-refractivity contribution in [3.05, 3.63) is 60.4 Å². The number of carbonyl (C=O) groups is 2. The molecule has 4 heteroatoms. The van der Waals surface area contributed by atoms with Crippen LogP contribution in [0.5, 0.6) is 0 Å². The van der Waals surface area contributed by atoms with Crippen LogP contribution in [0, 0.1) is 0 Å². The van der Waals surface area contributed by atoms with Gasteiger partial charge in [0.2, 0.25) is 17.7 Å². The number of nitrogens with zero attached hydrogens (tertiary/aromatic N) is 1. The normalized spacial score (nSPS) is 11.7. The van der Waals surface area contributed by atoms with Gasteiger partial charge in [-0.2, -0.15) is 4.57 Å². The van der Waals surface area contributed by atoms with Crippen LogP contribution in [0.2, 0.25) is 0 Å². The lowest BCUT2D eigenvalue weighted by molar-refractivity contribution is -0.704. The van der Waals surface area contributed by atoms with Crippen LogP contribution in [0.4, 0.5) is 5.69 Å². The molecular weight excluding hydrogens is 252 g/mol. The third kappa shape index (κ3) is 3.29. The van der Waals surface area contributed by atoms with E-state index in [0.29, 0.717) is 11.3 Å². The Bertz CT molecular complexity index is 606. The van der Waals surface area contributed by atoms with Gasteiger partial charge >= 0.3 is 0 Å². The Labute approximate surface area is 118 Å². The molecule has 2 rings (SSSR count). The summed E-state index contributed by atoms with van der Waals surface area (Å²) >= 11 is 0. The molecule has 0 unspecified atom stereocenters. The fraction of sp³-hybridized carbons (Fsp3) is 0.188. The number of nitrogens with one attached hydrogen (secondary N) is 1. The molecule has 4 nitrogen and oxygen atoms in total. The average Bonchev–Trinajstić information content (AvgIpc) is 2.47. The summed E-state index contributed by atoms with van der Waals surface area (Å²) < 4.78 is 1.82. The number of hydrogen-bond acceptors (Lipinski definition) is 2. The van der Waals surface area contributed by atoms with E-state index in [0.717, 1.165) is 0 Å². The Morgan fingerprint density at radius 1 is 1.05 bits per heavy atom. The van der Waals surface area contributed by atoms with Crippen molar-refractivity contribution in [3.8, 4) is 0 Å². The van der Waals surface area contributed by atoms with E-state index in [9.17, 15) is 9.59 Å². The lowest BCUT2D eigenvalue weighted by atomic mass is 10.1. The van der Waals surface area contributed by atoms with Gasteiger partial charge in [-0.15, -0.1) is 0 Å². The Hall–Kier alpha value is -2.49. The van der Waals surface area contributed by atoms with Crippen molar-refractivity contribution in [2.24, 2.45) is 0 Å². The van der Waals surface area contributed by atoms with Crippen molar-refractivity contribution in [2.75, 3.05) is 5.32 Å². The van der Waals surface area contributed by atoms with Crippen molar-refractivity contribution in [2.45, 2.75) is 19.9 Å². The molecule has 1 aromatic carbocycles. The topological polar surface area (TPSA) is 50.1 Å². The molecule has 0 saturated heterocycles. The number of pyridine rings is 1. The van der Waals surface area contributed by atoms with Crippen LogP contribution in [0.1, 0.15) is 30.2 Å². The molecule has 0 fully saturated rings. The van der Waals surface area contributed by atoms with E-state index in [1.54, 1.807) is 24.5 Å². The van der Waals surface area contributed by atoms with E-state index in [2.05, 4.69) is 5.32 Å². The van der Waals surface area contributed by atoms with Gasteiger partial charge < -0.3 is 5.32 Å². The van der Waals surface area contributed by atoms with Gasteiger partial charge in [0.15, 0.2) is 12.4 Å². The summed E-state index contributed by atoms with van der Waals surface area (Å²) in [6.45, 7) is 3.32. The first-order valence-electron chi connectivity index (χ1n) is 6.45. The molecule has 0 bridgehead atoms. The van der Waals surface area contributed by atoms with Crippen LogP contribution in [0.15, 0.2) is 54.9 Å². The number of rotatable bonds is 4. The fourth-order valence-electron chi connectivity index (χ4n) is 1.96. The number of aromatic nitrogens is 1. The number of amides is 1. The summed E-state index contributed by atoms with van der Waals surface area (Å²) in [4.78, 5) is 23.3. The van der Waals surface area contributed by atoms with Crippen molar-refractivity contribution < 1.29 is 14.2 Å². The third-order valence-electron chi connectivity index (χ3n) is 3.06. The largest absolute Gasteiger partial charge is 0.326 e. The molecule has 1 heterocycles. The first-order valence-corrected chi connectivity index (χ1v) is 6.45. The van der Waals surface area contributed by atoms with Crippen LogP contribution in [0.3, 0.4) is 0 Å². The lowest BCUT2D eigenvalue weighted by Crippen LogP contribution is -2.41. The van der Waals surface area contributed by atoms with Crippen molar-refractivity contribution in [1.29, 1.82) is 0 Å². The summed E-state index contributed by atoms with van der Waals surface area (Å²) in [5.74, 6) is -0.0564. The molecule has 20 heavy (non-hydrogen) atoms. The first kappa shape index (κ1) is 13.9. The molecule has 2 aromatic rings. The van der Waals surface area contributed by atoms with Crippen LogP contribution in [-0.4, -0.2) is 11.7 Å². The monoisotopic (exact) mass is 269 g/mol. The fourth-order valence-corrected chi connectivity index (χ4v) is 1.96. The zero-order chi connectivity index (χ0) is 14.5. The second-order valence-electron chi connectivity index (χ2n) is 4.62. The summed E-state index contributed by atoms with van der Waals surface area (Å²) in [7, 11) is 0. The highest BCUT2D eigenvalue weighted by Crippen LogP contribution is 2.10. The zero-order valence-electron chi connectivity index (χ0n) is 11.5. The number of carbonyl (C=O) groups excluding carboxylic acids is 2. The Balaban J connectivity index is 2.15. The highest BCUT2D eigenvalue weighted by atomic mass is 16.1. The predicted octanol–water partition coefficient (Wildman–Crippen LogP) is 2.38. The standard InChI is InChI=1S/C16H16N2O2/c1-12(16(20)14-6-4-3-5-7-14)18-10-8-15(9-11-18)17-13(2)19/h3-12H,1-2H3/p+1/t12-/m0/s1. The Morgan fingerprint density at radius 2 is 1.65 bits per heavy atom. The van der Waals surface area contributed by atoms with Gasteiger partial charge in [-0.25, -0.2) is 0 Å². The van der Waals surface area contributed by atoms with Crippen molar-refractivity contribution in [1.82, 2.24) is 0 Å². The minimum absolute atomic E-state index is 0.0582. The number of ketones is 1. The predicted molar refractivity (Wildman–Crippen MR) is 76.4 cm³/mol. The molecule has 0 aliphatic rings. The number of anilines is 1. The van der Waals surface area contributed by atoms with Gasteiger partial charge in [-0.05, 0) is 0 Å². The molecule has 0 aliphatic carbocycles. The maximum Gasteiger partial charge on any atom is 0.230 e. The highest BCUT2D eigenvalue weighted by Gasteiger charge is 2.22. The van der Waals surface area contributed by atoms with Gasteiger partial charge in [-0.1, -0.05) is 30.3 Å². The SMILES string of the molecule is CC(=O)Nc1cc[n+]([C@@H](C)C(=O)c2ccccc2)cc1. The van der Waals surface area contributed by atoms with Crippen LogP contribution < -0.4 is 9.88 Å². The smallest absolute Gasteiger partial charge is 0.230 e. The Kier molecular flexibility index (Phi) is 4.25. The minimum atomic E-state index is -0.288.